The van der Waals surface area contributed by atoms with Crippen LogP contribution < -0.4 is 10.2 Å². The number of hydrogen-bond acceptors (Lipinski definition) is 9. The van der Waals surface area contributed by atoms with Crippen molar-refractivity contribution in [1.82, 2.24) is 20.1 Å². The molecule has 0 bridgehead atoms. The minimum absolute atomic E-state index is 0.0577. The molecule has 31 heavy (non-hydrogen) atoms. The number of halogens is 1. The number of rotatable bonds is 7. The van der Waals surface area contributed by atoms with Crippen molar-refractivity contribution in [2.75, 3.05) is 16.8 Å². The molecule has 0 aliphatic carbocycles. The van der Waals surface area contributed by atoms with E-state index in [4.69, 9.17) is 9.26 Å². The van der Waals surface area contributed by atoms with Gasteiger partial charge in [0.25, 0.3) is 0 Å². The lowest BCUT2D eigenvalue weighted by Gasteiger charge is -2.23. The summed E-state index contributed by atoms with van der Waals surface area (Å²) in [4.78, 5) is 25.5. The molecule has 3 aromatic rings. The highest BCUT2D eigenvalue weighted by Gasteiger charge is 2.39. The molecule has 1 aliphatic heterocycles. The number of aromatic nitrogens is 4. The summed E-state index contributed by atoms with van der Waals surface area (Å²) in [6.07, 6.45) is -0.279. The van der Waals surface area contributed by atoms with Gasteiger partial charge in [-0.1, -0.05) is 35.5 Å². The zero-order chi connectivity index (χ0) is 22.0. The van der Waals surface area contributed by atoms with Crippen LogP contribution in [0.25, 0.3) is 0 Å². The molecule has 3 atom stereocenters. The van der Waals surface area contributed by atoms with Crippen LogP contribution in [0.15, 0.2) is 41.1 Å². The zero-order valence-electron chi connectivity index (χ0n) is 16.9. The molecule has 2 aromatic heterocycles. The van der Waals surface area contributed by atoms with Crippen LogP contribution in [0.3, 0.4) is 0 Å². The van der Waals surface area contributed by atoms with Crippen molar-refractivity contribution in [3.8, 4) is 0 Å². The van der Waals surface area contributed by atoms with Crippen molar-refractivity contribution < 1.29 is 23.6 Å². The smallest absolute Gasteiger partial charge is 0.416 e. The Morgan fingerprint density at radius 1 is 1.29 bits per heavy atom. The van der Waals surface area contributed by atoms with E-state index >= 15 is 0 Å². The molecule has 11 heteroatoms. The van der Waals surface area contributed by atoms with Gasteiger partial charge in [0.05, 0.1) is 24.8 Å². The van der Waals surface area contributed by atoms with Crippen molar-refractivity contribution in [1.29, 1.82) is 0 Å². The molecule has 0 spiro atoms. The standard InChI is InChI=1S/C20H21FN6O4/c1-11(17-24-16(31-26-17)8-13-6-4-3-5-7-13)23-19-22-9-14(21)18(25-19)27-15(12(2)28)10-30-20(27)29/h3-7,9,11-12,15,28H,8,10H2,1-2H3,(H,22,23,25)/t11-,12-,15-/m1/s1. The first-order chi connectivity index (χ1) is 14.9. The summed E-state index contributed by atoms with van der Waals surface area (Å²) in [6.45, 7) is 3.20. The SMILES string of the molecule is C[C@@H](Nc1ncc(F)c(N2C(=O)OC[C@@H]2[C@@H](C)O)n1)c1noc(Cc2ccccc2)n1. The monoisotopic (exact) mass is 428 g/mol. The van der Waals surface area contributed by atoms with Crippen molar-refractivity contribution in [2.24, 2.45) is 0 Å². The Labute approximate surface area is 177 Å². The normalized spacial score (nSPS) is 18.0. The molecule has 3 heterocycles. The summed E-state index contributed by atoms with van der Waals surface area (Å²) >= 11 is 0. The zero-order valence-corrected chi connectivity index (χ0v) is 16.9. The van der Waals surface area contributed by atoms with E-state index in [9.17, 15) is 14.3 Å². The third kappa shape index (κ3) is 4.45. The molecular weight excluding hydrogens is 407 g/mol. The van der Waals surface area contributed by atoms with E-state index in [0.29, 0.717) is 18.1 Å². The van der Waals surface area contributed by atoms with Gasteiger partial charge in [0.2, 0.25) is 11.8 Å². The molecule has 162 valence electrons. The fourth-order valence-electron chi connectivity index (χ4n) is 3.18. The molecule has 0 unspecified atom stereocenters. The van der Waals surface area contributed by atoms with Gasteiger partial charge in [-0.15, -0.1) is 0 Å². The Morgan fingerprint density at radius 2 is 2.06 bits per heavy atom. The van der Waals surface area contributed by atoms with Gasteiger partial charge in [-0.2, -0.15) is 9.97 Å². The maximum absolute atomic E-state index is 14.4. The minimum atomic E-state index is -0.932. The maximum Gasteiger partial charge on any atom is 0.416 e. The molecule has 2 N–H and O–H groups in total. The summed E-state index contributed by atoms with van der Waals surface area (Å²) in [7, 11) is 0. The van der Waals surface area contributed by atoms with Crippen LogP contribution in [0.1, 0.15) is 37.2 Å². The number of aliphatic hydroxyl groups excluding tert-OH is 1. The van der Waals surface area contributed by atoms with Gasteiger partial charge >= 0.3 is 6.09 Å². The van der Waals surface area contributed by atoms with Crippen LogP contribution in [0.5, 0.6) is 0 Å². The van der Waals surface area contributed by atoms with Crippen molar-refractivity contribution in [2.45, 2.75) is 38.5 Å². The highest BCUT2D eigenvalue weighted by atomic mass is 19.1. The average molecular weight is 428 g/mol. The van der Waals surface area contributed by atoms with E-state index in [1.165, 1.54) is 6.92 Å². The number of benzene rings is 1. The average Bonchev–Trinajstić information content (AvgIpc) is 3.37. The molecule has 1 amide bonds. The van der Waals surface area contributed by atoms with Gasteiger partial charge in [-0.3, -0.25) is 0 Å². The van der Waals surface area contributed by atoms with Gasteiger partial charge in [-0.25, -0.2) is 19.1 Å². The first kappa shape index (κ1) is 20.7. The number of ether oxygens (including phenoxy) is 1. The second-order valence-electron chi connectivity index (χ2n) is 7.19. The van der Waals surface area contributed by atoms with E-state index in [0.717, 1.165) is 16.7 Å². The Kier molecular flexibility index (Phi) is 5.76. The van der Waals surface area contributed by atoms with Gasteiger partial charge < -0.3 is 19.7 Å². The number of nitrogens with zero attached hydrogens (tertiary/aromatic N) is 5. The Morgan fingerprint density at radius 3 is 2.81 bits per heavy atom. The third-order valence-electron chi connectivity index (χ3n) is 4.83. The Bertz CT molecular complexity index is 1060. The largest absolute Gasteiger partial charge is 0.447 e. The summed E-state index contributed by atoms with van der Waals surface area (Å²) in [6, 6.07) is 8.50. The van der Waals surface area contributed by atoms with Crippen LogP contribution in [0.2, 0.25) is 0 Å². The fourth-order valence-corrected chi connectivity index (χ4v) is 3.18. The quantitative estimate of drug-likeness (QED) is 0.583. The van der Waals surface area contributed by atoms with Crippen molar-refractivity contribution >= 4 is 17.9 Å². The van der Waals surface area contributed by atoms with Crippen LogP contribution in [-0.2, 0) is 11.2 Å². The predicted octanol–water partition coefficient (Wildman–Crippen LogP) is 2.47. The van der Waals surface area contributed by atoms with Gasteiger partial charge in [-0.05, 0) is 19.4 Å². The molecule has 1 saturated heterocycles. The Hall–Kier alpha value is -3.60. The topological polar surface area (TPSA) is 127 Å². The van der Waals surface area contributed by atoms with E-state index < -0.39 is 30.1 Å². The lowest BCUT2D eigenvalue weighted by molar-refractivity contribution is 0.142. The van der Waals surface area contributed by atoms with Gasteiger partial charge in [0.1, 0.15) is 12.6 Å². The lowest BCUT2D eigenvalue weighted by atomic mass is 10.1. The van der Waals surface area contributed by atoms with E-state index in [-0.39, 0.29) is 18.4 Å². The molecule has 1 aliphatic rings. The lowest BCUT2D eigenvalue weighted by Crippen LogP contribution is -2.42. The van der Waals surface area contributed by atoms with Crippen LogP contribution >= 0.6 is 0 Å². The number of aliphatic hydroxyl groups is 1. The van der Waals surface area contributed by atoms with Crippen LogP contribution in [0.4, 0.5) is 21.0 Å². The molecule has 10 nitrogen and oxygen atoms in total. The van der Waals surface area contributed by atoms with Crippen molar-refractivity contribution in [3.05, 3.63) is 59.6 Å². The number of amides is 1. The molecule has 0 radical (unpaired) electrons. The van der Waals surface area contributed by atoms with E-state index in [2.05, 4.69) is 25.4 Å². The second-order valence-corrected chi connectivity index (χ2v) is 7.19. The molecule has 1 fully saturated rings. The molecule has 1 aromatic carbocycles. The Balaban J connectivity index is 1.50. The second kappa shape index (κ2) is 8.64. The summed E-state index contributed by atoms with van der Waals surface area (Å²) in [5.41, 5.74) is 1.04. The fraction of sp³-hybridized carbons (Fsp3) is 0.350. The van der Waals surface area contributed by atoms with Crippen molar-refractivity contribution in [3.63, 3.8) is 0 Å². The number of anilines is 2. The maximum atomic E-state index is 14.4. The molecule has 0 saturated carbocycles. The first-order valence-electron chi connectivity index (χ1n) is 9.72. The number of hydrogen-bond donors (Lipinski definition) is 2. The first-order valence-corrected chi connectivity index (χ1v) is 9.72. The predicted molar refractivity (Wildman–Crippen MR) is 107 cm³/mol. The minimum Gasteiger partial charge on any atom is -0.447 e. The summed E-state index contributed by atoms with van der Waals surface area (Å²) in [5.74, 6) is -0.205. The van der Waals surface area contributed by atoms with Crippen LogP contribution in [-0.4, -0.2) is 50.1 Å². The number of nitrogens with one attached hydrogen (secondary N) is 1. The van der Waals surface area contributed by atoms with E-state index in [1.807, 2.05) is 30.3 Å². The summed E-state index contributed by atoms with van der Waals surface area (Å²) < 4.78 is 24.6. The van der Waals surface area contributed by atoms with Crippen LogP contribution in [0, 0.1) is 5.82 Å². The van der Waals surface area contributed by atoms with E-state index in [1.54, 1.807) is 6.92 Å². The number of carbonyl (C=O) groups excluding carboxylic acids is 1. The highest BCUT2D eigenvalue weighted by molar-refractivity contribution is 5.89. The summed E-state index contributed by atoms with van der Waals surface area (Å²) in [5, 5.41) is 16.8. The molecular formula is C20H21FN6O4. The van der Waals surface area contributed by atoms with Gasteiger partial charge in [0.15, 0.2) is 17.5 Å². The number of carbonyl (C=O) groups is 1. The van der Waals surface area contributed by atoms with Gasteiger partial charge in [0, 0.05) is 0 Å². The third-order valence-corrected chi connectivity index (χ3v) is 4.83. The highest BCUT2D eigenvalue weighted by Crippen LogP contribution is 2.27. The molecule has 4 rings (SSSR count). The number of cyclic esters (lactones) is 1.